The van der Waals surface area contributed by atoms with Crippen LogP contribution in [0.3, 0.4) is 0 Å². The summed E-state index contributed by atoms with van der Waals surface area (Å²) in [4.78, 5) is 0. The molecule has 0 bridgehead atoms. The molecular weight excluding hydrogens is 558 g/mol. The summed E-state index contributed by atoms with van der Waals surface area (Å²) >= 11 is 14.3. The van der Waals surface area contributed by atoms with Crippen LogP contribution in [0.25, 0.3) is 32.3 Å². The van der Waals surface area contributed by atoms with Gasteiger partial charge >= 0.3 is 51.3 Å². The van der Waals surface area contributed by atoms with Gasteiger partial charge in [-0.1, -0.05) is 77.8 Å². The number of rotatable bonds is 2. The average molecular weight is 583 g/mol. The van der Waals surface area contributed by atoms with Gasteiger partial charge in [-0.15, -0.1) is 39.7 Å². The van der Waals surface area contributed by atoms with E-state index in [1.807, 2.05) is 66.7 Å². The standard InChI is InChI=1S/C13H7Cl2.C10H8O.C4H10Si.2ClH.Ti/c14-10-1-3-12-8(6-10)5-9-7-11(15)2-4-13(9)12;11-10-6-5-8-3-1-2-4-9(8)7-10;1-3-5-4-2;;;/h1-7H;1-7,11H;3-4H2,1-2H3;2*1H;/q-1;;;;;+2/p-2. The summed E-state index contributed by atoms with van der Waals surface area (Å²) in [5.74, 6) is 0.323. The molecule has 5 aromatic carbocycles. The Bertz CT molecular complexity index is 1300. The molecule has 0 spiro atoms. The van der Waals surface area contributed by atoms with E-state index in [0.717, 1.165) is 20.8 Å². The Morgan fingerprint density at radius 2 is 1.24 bits per heavy atom. The van der Waals surface area contributed by atoms with Crippen LogP contribution < -0.4 is 24.8 Å². The summed E-state index contributed by atoms with van der Waals surface area (Å²) in [6.45, 7) is 4.55. The first-order valence-electron chi connectivity index (χ1n) is 10.6. The van der Waals surface area contributed by atoms with E-state index in [1.54, 1.807) is 12.1 Å². The van der Waals surface area contributed by atoms with Crippen molar-refractivity contribution in [3.05, 3.63) is 95.0 Å². The minimum absolute atomic E-state index is 0. The minimum Gasteiger partial charge on any atom is -1.00 e. The zero-order valence-corrected chi connectivity index (χ0v) is 24.5. The topological polar surface area (TPSA) is 20.2 Å². The summed E-state index contributed by atoms with van der Waals surface area (Å²) in [6.07, 6.45) is 0.132. The molecule has 0 radical (unpaired) electrons. The predicted molar refractivity (Wildman–Crippen MR) is 139 cm³/mol. The van der Waals surface area contributed by atoms with Crippen LogP contribution in [0.4, 0.5) is 0 Å². The van der Waals surface area contributed by atoms with E-state index in [9.17, 15) is 0 Å². The van der Waals surface area contributed by atoms with E-state index in [1.165, 1.54) is 33.6 Å². The van der Waals surface area contributed by atoms with E-state index >= 15 is 0 Å². The summed E-state index contributed by atoms with van der Waals surface area (Å²) in [5.41, 5.74) is 0. The Kier molecular flexibility index (Phi) is 13.7. The molecule has 0 amide bonds. The molecule has 5 aromatic rings. The summed E-state index contributed by atoms with van der Waals surface area (Å²) in [7, 11) is 0. The Morgan fingerprint density at radius 1 is 0.735 bits per heavy atom. The minimum atomic E-state index is 0. The number of benzene rings is 4. The van der Waals surface area contributed by atoms with E-state index in [2.05, 4.69) is 39.1 Å². The van der Waals surface area contributed by atoms with Crippen LogP contribution in [0.2, 0.25) is 22.1 Å². The molecule has 0 saturated carbocycles. The van der Waals surface area contributed by atoms with Crippen LogP contribution in [0, 0.1) is 0 Å². The Morgan fingerprint density at radius 3 is 1.71 bits per heavy atom. The van der Waals surface area contributed by atoms with E-state index in [-0.39, 0.29) is 31.0 Å². The van der Waals surface area contributed by atoms with Gasteiger partial charge in [-0.25, -0.2) is 0 Å². The van der Waals surface area contributed by atoms with Gasteiger partial charge in [0, 0.05) is 10.0 Å². The molecule has 0 aliphatic rings. The van der Waals surface area contributed by atoms with Gasteiger partial charge in [0.05, 0.1) is 0 Å². The number of fused-ring (bicyclic) bond motifs is 4. The molecule has 0 aromatic heterocycles. The molecule has 176 valence electrons. The first-order valence-corrected chi connectivity index (χ1v) is 15.6. The van der Waals surface area contributed by atoms with Crippen molar-refractivity contribution in [3.63, 3.8) is 0 Å². The second-order valence-electron chi connectivity index (χ2n) is 7.45. The SMILES string of the molecule is CC[Si](=[Ti+2])CC.Clc1ccc2c(c1)[cH-]c1cc(Cl)ccc12.Oc1ccc2ccccc2c1.[Cl-].[Cl-]. The van der Waals surface area contributed by atoms with Crippen LogP contribution >= 0.6 is 23.2 Å². The van der Waals surface area contributed by atoms with E-state index in [0.29, 0.717) is 5.75 Å². The fraction of sp³-hybridized carbons (Fsp3) is 0.148. The van der Waals surface area contributed by atoms with Crippen LogP contribution in [0.15, 0.2) is 84.9 Å². The molecule has 34 heavy (non-hydrogen) atoms. The second-order valence-corrected chi connectivity index (χ2v) is 14.3. The molecule has 1 N–H and O–H groups in total. The van der Waals surface area contributed by atoms with Gasteiger partial charge in [0.15, 0.2) is 0 Å². The Labute approximate surface area is 235 Å². The number of hydrogen-bond donors (Lipinski definition) is 1. The number of phenolic OH excluding ortho intramolecular Hbond substituents is 1. The van der Waals surface area contributed by atoms with Gasteiger partial charge in [-0.3, -0.25) is 0 Å². The third kappa shape index (κ3) is 8.53. The fourth-order valence-corrected chi connectivity index (χ4v) is 4.25. The number of phenols is 1. The molecule has 0 unspecified atom stereocenters. The summed E-state index contributed by atoms with van der Waals surface area (Å²) in [6, 6.07) is 30.2. The molecule has 1 nitrogen and oxygen atoms in total. The Hall–Kier alpha value is -1.10. The zero-order chi connectivity index (χ0) is 23.1. The molecule has 0 heterocycles. The van der Waals surface area contributed by atoms with Crippen LogP contribution in [0.5, 0.6) is 5.75 Å². The van der Waals surface area contributed by atoms with Crippen molar-refractivity contribution in [2.24, 2.45) is 0 Å². The molecule has 0 aliphatic carbocycles. The maximum Gasteiger partial charge on any atom is 0.116 e. The first kappa shape index (κ1) is 30.9. The van der Waals surface area contributed by atoms with Crippen molar-refractivity contribution < 1.29 is 49.1 Å². The van der Waals surface area contributed by atoms with Gasteiger partial charge < -0.3 is 29.9 Å². The first-order chi connectivity index (χ1) is 15.4. The molecule has 0 fully saturated rings. The Balaban J connectivity index is 0.000000271. The predicted octanol–water partition coefficient (Wildman–Crippen LogP) is 3.14. The third-order valence-electron chi connectivity index (χ3n) is 5.22. The third-order valence-corrected chi connectivity index (χ3v) is 10.7. The monoisotopic (exact) mass is 581 g/mol. The van der Waals surface area contributed by atoms with Crippen molar-refractivity contribution >= 4 is 61.7 Å². The zero-order valence-electron chi connectivity index (χ0n) is 19.0. The van der Waals surface area contributed by atoms with Crippen molar-refractivity contribution in [1.82, 2.24) is 0 Å². The maximum absolute atomic E-state index is 9.13. The molecule has 0 atom stereocenters. The second kappa shape index (κ2) is 15.1. The number of halogens is 4. The van der Waals surface area contributed by atoms with Gasteiger partial charge in [0.1, 0.15) is 5.75 Å². The fourth-order valence-electron chi connectivity index (χ4n) is 3.39. The van der Waals surface area contributed by atoms with Gasteiger partial charge in [-0.2, -0.15) is 0 Å². The molecule has 7 heteroatoms. The average Bonchev–Trinajstić information content (AvgIpc) is 3.15. The number of aromatic hydroxyl groups is 1. The quantitative estimate of drug-likeness (QED) is 0.250. The van der Waals surface area contributed by atoms with Crippen molar-refractivity contribution in [2.45, 2.75) is 25.9 Å². The van der Waals surface area contributed by atoms with Crippen molar-refractivity contribution in [3.8, 4) is 5.75 Å². The van der Waals surface area contributed by atoms with Gasteiger partial charge in [0.2, 0.25) is 0 Å². The largest absolute Gasteiger partial charge is 1.00 e. The smallest absolute Gasteiger partial charge is 0.116 e. The van der Waals surface area contributed by atoms with E-state index in [4.69, 9.17) is 28.3 Å². The normalized spacial score (nSPS) is 9.82. The van der Waals surface area contributed by atoms with Gasteiger partial charge in [0.25, 0.3) is 0 Å². The molecule has 0 aliphatic heterocycles. The molecular formula is C27H25Cl4OSiTi-. The number of hydrogen-bond acceptors (Lipinski definition) is 1. The van der Waals surface area contributed by atoms with Crippen molar-refractivity contribution in [2.75, 3.05) is 0 Å². The van der Waals surface area contributed by atoms with E-state index < -0.39 is 0 Å². The van der Waals surface area contributed by atoms with Crippen LogP contribution in [-0.4, -0.2) is 11.3 Å². The van der Waals surface area contributed by atoms with Crippen LogP contribution in [-0.2, 0) is 19.2 Å². The van der Waals surface area contributed by atoms with Crippen molar-refractivity contribution in [1.29, 1.82) is 0 Å². The summed E-state index contributed by atoms with van der Waals surface area (Å²) in [5, 5.41) is 17.7. The summed E-state index contributed by atoms with van der Waals surface area (Å²) < 4.78 is 0. The maximum atomic E-state index is 9.13. The van der Waals surface area contributed by atoms with Gasteiger partial charge in [-0.05, 0) is 22.9 Å². The molecule has 0 saturated heterocycles. The van der Waals surface area contributed by atoms with Crippen LogP contribution in [0.1, 0.15) is 13.8 Å². The molecule has 5 rings (SSSR count).